The Balaban J connectivity index is 1.62. The van der Waals surface area contributed by atoms with Crippen molar-refractivity contribution in [1.29, 1.82) is 0 Å². The number of nitrogens with one attached hydrogen (secondary N) is 1. The summed E-state index contributed by atoms with van der Waals surface area (Å²) >= 11 is 0. The van der Waals surface area contributed by atoms with Gasteiger partial charge in [0.2, 0.25) is 5.91 Å². The second-order valence-corrected chi connectivity index (χ2v) is 7.28. The fourth-order valence-electron chi connectivity index (χ4n) is 3.80. The number of carbonyl (C=O) groups is 1. The van der Waals surface area contributed by atoms with Crippen molar-refractivity contribution in [2.24, 2.45) is 5.92 Å². The Morgan fingerprint density at radius 2 is 2.27 bits per heavy atom. The number of rotatable bonds is 5. The zero-order chi connectivity index (χ0) is 18.3. The smallest absolute Gasteiger partial charge is 0.231 e. The van der Waals surface area contributed by atoms with Crippen LogP contribution in [0.25, 0.3) is 10.8 Å². The van der Waals surface area contributed by atoms with Crippen molar-refractivity contribution in [1.82, 2.24) is 9.97 Å². The third-order valence-electron chi connectivity index (χ3n) is 5.33. The average Bonchev–Trinajstić information content (AvgIpc) is 3.16. The van der Waals surface area contributed by atoms with E-state index in [0.717, 1.165) is 42.4 Å². The summed E-state index contributed by atoms with van der Waals surface area (Å²) in [6, 6.07) is 4.29. The monoisotopic (exact) mass is 357 g/mol. The van der Waals surface area contributed by atoms with Gasteiger partial charge < -0.3 is 16.0 Å². The van der Waals surface area contributed by atoms with E-state index in [4.69, 9.17) is 5.73 Å². The summed E-state index contributed by atoms with van der Waals surface area (Å²) in [5.41, 5.74) is 6.16. The van der Waals surface area contributed by atoms with Crippen LogP contribution >= 0.6 is 0 Å². The first kappa shape index (κ1) is 17.0. The highest BCUT2D eigenvalue weighted by atomic mass is 19.1. The number of nitrogens with two attached hydrogens (primary N) is 1. The largest absolute Gasteiger partial charge is 0.383 e. The van der Waals surface area contributed by atoms with Gasteiger partial charge in [-0.3, -0.25) is 4.79 Å². The molecular formula is C19H24FN5O. The summed E-state index contributed by atoms with van der Waals surface area (Å²) in [5.74, 6) is 0.889. The van der Waals surface area contributed by atoms with E-state index in [2.05, 4.69) is 27.1 Å². The predicted octanol–water partition coefficient (Wildman–Crippen LogP) is 3.28. The number of nitrogens with zero attached hydrogens (tertiary/aromatic N) is 3. The van der Waals surface area contributed by atoms with E-state index in [1.807, 2.05) is 6.07 Å². The maximum atomic E-state index is 13.0. The quantitative estimate of drug-likeness (QED) is 0.858. The van der Waals surface area contributed by atoms with Gasteiger partial charge in [-0.05, 0) is 43.2 Å². The zero-order valence-corrected chi connectivity index (χ0v) is 14.9. The van der Waals surface area contributed by atoms with Crippen molar-refractivity contribution in [3.05, 3.63) is 18.3 Å². The van der Waals surface area contributed by atoms with E-state index in [1.54, 1.807) is 12.3 Å². The van der Waals surface area contributed by atoms with Crippen LogP contribution in [0.15, 0.2) is 18.3 Å². The first-order valence-corrected chi connectivity index (χ1v) is 9.34. The van der Waals surface area contributed by atoms with Gasteiger partial charge in [0.05, 0.1) is 5.92 Å². The molecule has 4 rings (SSSR count). The van der Waals surface area contributed by atoms with Gasteiger partial charge >= 0.3 is 0 Å². The lowest BCUT2D eigenvalue weighted by Crippen LogP contribution is -2.29. The SMILES string of the molecule is CCC[C@@H]1CCCN1c1cc2cc(NC(=O)[C@@H]3C[C@@H]3F)ncc2c(N)n1. The molecule has 1 saturated heterocycles. The van der Waals surface area contributed by atoms with Crippen LogP contribution in [0.4, 0.5) is 21.8 Å². The van der Waals surface area contributed by atoms with Crippen molar-refractivity contribution in [2.75, 3.05) is 22.5 Å². The third-order valence-corrected chi connectivity index (χ3v) is 5.33. The van der Waals surface area contributed by atoms with E-state index < -0.39 is 12.1 Å². The molecule has 0 unspecified atom stereocenters. The number of pyridine rings is 2. The van der Waals surface area contributed by atoms with Gasteiger partial charge in [0.1, 0.15) is 23.6 Å². The normalized spacial score (nSPS) is 24.8. The summed E-state index contributed by atoms with van der Waals surface area (Å²) in [4.78, 5) is 23.1. The van der Waals surface area contributed by atoms with Crippen molar-refractivity contribution < 1.29 is 9.18 Å². The third kappa shape index (κ3) is 3.18. The van der Waals surface area contributed by atoms with Crippen molar-refractivity contribution in [3.63, 3.8) is 0 Å². The Labute approximate surface area is 152 Å². The Kier molecular flexibility index (Phi) is 4.38. The van der Waals surface area contributed by atoms with Crippen molar-refractivity contribution in [2.45, 2.75) is 51.2 Å². The molecule has 0 aromatic carbocycles. The number of amides is 1. The van der Waals surface area contributed by atoms with Gasteiger partial charge in [-0.25, -0.2) is 14.4 Å². The van der Waals surface area contributed by atoms with Crippen LogP contribution in [-0.4, -0.2) is 34.6 Å². The van der Waals surface area contributed by atoms with Gasteiger partial charge in [-0.1, -0.05) is 13.3 Å². The fourth-order valence-corrected chi connectivity index (χ4v) is 3.80. The fraction of sp³-hybridized carbons (Fsp3) is 0.526. The number of hydrogen-bond donors (Lipinski definition) is 2. The van der Waals surface area contributed by atoms with Crippen LogP contribution in [0.1, 0.15) is 39.0 Å². The molecule has 26 heavy (non-hydrogen) atoms. The molecule has 138 valence electrons. The molecule has 3 heterocycles. The highest BCUT2D eigenvalue weighted by molar-refractivity contribution is 5.98. The standard InChI is InChI=1S/C19H24FN5O/c1-2-4-12-5-3-6-25(12)17-8-11-7-16(22-10-14(11)18(21)24-17)23-19(26)13-9-15(13)20/h7-8,10,12-13,15H,2-6,9H2,1H3,(H2,21,24)(H,22,23,26)/t12-,13-,15+/m1/s1. The Morgan fingerprint density at radius 3 is 3.00 bits per heavy atom. The minimum Gasteiger partial charge on any atom is -0.383 e. The van der Waals surface area contributed by atoms with Crippen LogP contribution in [0, 0.1) is 5.92 Å². The van der Waals surface area contributed by atoms with Crippen molar-refractivity contribution >= 4 is 34.1 Å². The molecule has 2 aromatic heterocycles. The Bertz CT molecular complexity index is 842. The second kappa shape index (κ2) is 6.70. The summed E-state index contributed by atoms with van der Waals surface area (Å²) in [7, 11) is 0. The number of aromatic nitrogens is 2. The van der Waals surface area contributed by atoms with E-state index in [1.165, 1.54) is 6.42 Å². The molecule has 6 nitrogen and oxygen atoms in total. The molecule has 2 aromatic rings. The van der Waals surface area contributed by atoms with Crippen LogP contribution in [-0.2, 0) is 4.79 Å². The predicted molar refractivity (Wildman–Crippen MR) is 101 cm³/mol. The number of halogens is 1. The Hall–Kier alpha value is -2.44. The van der Waals surface area contributed by atoms with Crippen LogP contribution in [0.5, 0.6) is 0 Å². The molecule has 2 aliphatic rings. The minimum absolute atomic E-state index is 0.300. The zero-order valence-electron chi connectivity index (χ0n) is 14.9. The molecule has 1 aliphatic heterocycles. The molecule has 7 heteroatoms. The number of alkyl halides is 1. The van der Waals surface area contributed by atoms with E-state index in [0.29, 0.717) is 24.1 Å². The highest BCUT2D eigenvalue weighted by Crippen LogP contribution is 2.35. The summed E-state index contributed by atoms with van der Waals surface area (Å²) < 4.78 is 13.0. The number of carbonyl (C=O) groups excluding carboxylic acids is 1. The molecule has 0 radical (unpaired) electrons. The first-order chi connectivity index (χ1) is 12.6. The van der Waals surface area contributed by atoms with Crippen LogP contribution in [0.2, 0.25) is 0 Å². The lowest BCUT2D eigenvalue weighted by molar-refractivity contribution is -0.117. The molecule has 1 amide bonds. The number of anilines is 3. The second-order valence-electron chi connectivity index (χ2n) is 7.28. The van der Waals surface area contributed by atoms with Crippen LogP contribution < -0.4 is 16.0 Å². The maximum Gasteiger partial charge on any atom is 0.231 e. The van der Waals surface area contributed by atoms with E-state index >= 15 is 0 Å². The van der Waals surface area contributed by atoms with E-state index in [9.17, 15) is 9.18 Å². The summed E-state index contributed by atoms with van der Waals surface area (Å²) in [5, 5.41) is 4.34. The van der Waals surface area contributed by atoms with Gasteiger partial charge in [0.25, 0.3) is 0 Å². The minimum atomic E-state index is -1.02. The number of fused-ring (bicyclic) bond motifs is 1. The van der Waals surface area contributed by atoms with Gasteiger partial charge in [0.15, 0.2) is 0 Å². The van der Waals surface area contributed by atoms with Gasteiger partial charge in [-0.15, -0.1) is 0 Å². The maximum absolute atomic E-state index is 13.0. The lowest BCUT2D eigenvalue weighted by Gasteiger charge is -2.26. The lowest BCUT2D eigenvalue weighted by atomic mass is 10.1. The highest BCUT2D eigenvalue weighted by Gasteiger charge is 2.43. The molecule has 3 N–H and O–H groups in total. The van der Waals surface area contributed by atoms with Gasteiger partial charge in [0, 0.05) is 24.2 Å². The molecular weight excluding hydrogens is 333 g/mol. The van der Waals surface area contributed by atoms with Crippen molar-refractivity contribution in [3.8, 4) is 0 Å². The van der Waals surface area contributed by atoms with E-state index in [-0.39, 0.29) is 5.91 Å². The average molecular weight is 357 g/mol. The van der Waals surface area contributed by atoms with Gasteiger partial charge in [-0.2, -0.15) is 0 Å². The summed E-state index contributed by atoms with van der Waals surface area (Å²) in [6.07, 6.45) is 5.51. The number of nitrogen functional groups attached to an aromatic ring is 1. The molecule has 3 atom stereocenters. The summed E-state index contributed by atoms with van der Waals surface area (Å²) in [6.45, 7) is 3.18. The van der Waals surface area contributed by atoms with Crippen LogP contribution in [0.3, 0.4) is 0 Å². The molecule has 2 fully saturated rings. The molecule has 0 spiro atoms. The molecule has 0 bridgehead atoms. The first-order valence-electron chi connectivity index (χ1n) is 9.34. The Morgan fingerprint density at radius 1 is 1.46 bits per heavy atom. The topological polar surface area (TPSA) is 84.1 Å². The molecule has 1 aliphatic carbocycles. The number of hydrogen-bond acceptors (Lipinski definition) is 5. The molecule has 1 saturated carbocycles.